The molecule has 0 saturated carbocycles. The van der Waals surface area contributed by atoms with Crippen LogP contribution in [0.4, 0.5) is 0 Å². The second-order valence-electron chi connectivity index (χ2n) is 5.99. The number of rotatable bonds is 8. The summed E-state index contributed by atoms with van der Waals surface area (Å²) in [6, 6.07) is 18.0. The summed E-state index contributed by atoms with van der Waals surface area (Å²) in [6.07, 6.45) is 2.10. The summed E-state index contributed by atoms with van der Waals surface area (Å²) in [6.45, 7) is 4.32. The van der Waals surface area contributed by atoms with E-state index in [1.807, 2.05) is 30.3 Å². The first kappa shape index (κ1) is 23.0. The molecule has 27 heavy (non-hydrogen) atoms. The SMILES string of the molecule is CCNC(=NCc1ccc(C(=O)NC)cc1)NCCCc1ccccc1.I. The van der Waals surface area contributed by atoms with Gasteiger partial charge in [0.2, 0.25) is 0 Å². The number of hydrogen-bond acceptors (Lipinski definition) is 2. The molecule has 0 saturated heterocycles. The van der Waals surface area contributed by atoms with E-state index < -0.39 is 0 Å². The van der Waals surface area contributed by atoms with E-state index in [0.717, 1.165) is 37.5 Å². The van der Waals surface area contributed by atoms with Gasteiger partial charge in [0.1, 0.15) is 0 Å². The number of halogens is 1. The second-order valence-corrected chi connectivity index (χ2v) is 5.99. The Morgan fingerprint density at radius 3 is 2.30 bits per heavy atom. The summed E-state index contributed by atoms with van der Waals surface area (Å²) >= 11 is 0. The molecule has 0 aromatic heterocycles. The summed E-state index contributed by atoms with van der Waals surface area (Å²) in [7, 11) is 1.63. The van der Waals surface area contributed by atoms with Crippen molar-refractivity contribution in [2.45, 2.75) is 26.3 Å². The Morgan fingerprint density at radius 2 is 1.67 bits per heavy atom. The number of amides is 1. The zero-order valence-electron chi connectivity index (χ0n) is 16.0. The highest BCUT2D eigenvalue weighted by atomic mass is 127. The van der Waals surface area contributed by atoms with Gasteiger partial charge in [-0.25, -0.2) is 4.99 Å². The van der Waals surface area contributed by atoms with Crippen molar-refractivity contribution in [2.24, 2.45) is 4.99 Å². The van der Waals surface area contributed by atoms with Gasteiger partial charge in [0.15, 0.2) is 5.96 Å². The quantitative estimate of drug-likeness (QED) is 0.235. The molecule has 5 nitrogen and oxygen atoms in total. The molecule has 1 amide bonds. The van der Waals surface area contributed by atoms with E-state index >= 15 is 0 Å². The molecule has 0 fully saturated rings. The topological polar surface area (TPSA) is 65.5 Å². The molecule has 6 heteroatoms. The van der Waals surface area contributed by atoms with E-state index in [2.05, 4.69) is 52.1 Å². The van der Waals surface area contributed by atoms with Crippen molar-refractivity contribution in [1.29, 1.82) is 0 Å². The van der Waals surface area contributed by atoms with Crippen LogP contribution >= 0.6 is 24.0 Å². The van der Waals surface area contributed by atoms with Gasteiger partial charge in [0, 0.05) is 25.7 Å². The number of nitrogens with one attached hydrogen (secondary N) is 3. The van der Waals surface area contributed by atoms with Gasteiger partial charge < -0.3 is 16.0 Å². The molecule has 146 valence electrons. The van der Waals surface area contributed by atoms with Gasteiger partial charge in [-0.15, -0.1) is 24.0 Å². The van der Waals surface area contributed by atoms with Crippen LogP contribution in [0.2, 0.25) is 0 Å². The van der Waals surface area contributed by atoms with Crippen LogP contribution in [-0.4, -0.2) is 32.0 Å². The summed E-state index contributed by atoms with van der Waals surface area (Å²) in [5, 5.41) is 9.26. The second kappa shape index (κ2) is 13.1. The minimum Gasteiger partial charge on any atom is -0.357 e. The Morgan fingerprint density at radius 1 is 0.963 bits per heavy atom. The van der Waals surface area contributed by atoms with Crippen molar-refractivity contribution in [3.63, 3.8) is 0 Å². The molecule has 0 spiro atoms. The fraction of sp³-hybridized carbons (Fsp3) is 0.333. The number of carbonyl (C=O) groups is 1. The smallest absolute Gasteiger partial charge is 0.251 e. The van der Waals surface area contributed by atoms with Crippen molar-refractivity contribution < 1.29 is 4.79 Å². The Labute approximate surface area is 179 Å². The van der Waals surface area contributed by atoms with Crippen molar-refractivity contribution >= 4 is 35.8 Å². The zero-order valence-corrected chi connectivity index (χ0v) is 18.3. The third-order valence-corrected chi connectivity index (χ3v) is 3.98. The van der Waals surface area contributed by atoms with Crippen molar-refractivity contribution in [1.82, 2.24) is 16.0 Å². The third kappa shape index (κ3) is 8.43. The standard InChI is InChI=1S/C21H28N4O.HI/c1-3-23-21(24-15-7-10-17-8-5-4-6-9-17)25-16-18-11-13-19(14-12-18)20(26)22-2;/h4-6,8-9,11-14H,3,7,10,15-16H2,1-2H3,(H,22,26)(H2,23,24,25);1H. The maximum absolute atomic E-state index is 11.6. The minimum absolute atomic E-state index is 0. The Balaban J connectivity index is 0.00000364. The van der Waals surface area contributed by atoms with Crippen LogP contribution in [-0.2, 0) is 13.0 Å². The van der Waals surface area contributed by atoms with Crippen LogP contribution in [0.3, 0.4) is 0 Å². The third-order valence-electron chi connectivity index (χ3n) is 3.98. The lowest BCUT2D eigenvalue weighted by molar-refractivity contribution is 0.0963. The molecule has 2 rings (SSSR count). The molecule has 2 aromatic carbocycles. The Hall–Kier alpha value is -2.09. The van der Waals surface area contributed by atoms with Crippen molar-refractivity contribution in [3.8, 4) is 0 Å². The first-order chi connectivity index (χ1) is 12.7. The van der Waals surface area contributed by atoms with E-state index in [0.29, 0.717) is 12.1 Å². The molecule has 2 aromatic rings. The highest BCUT2D eigenvalue weighted by molar-refractivity contribution is 14.0. The van der Waals surface area contributed by atoms with Gasteiger partial charge in [-0.1, -0.05) is 42.5 Å². The summed E-state index contributed by atoms with van der Waals surface area (Å²) in [5.41, 5.74) is 3.08. The minimum atomic E-state index is -0.0755. The van der Waals surface area contributed by atoms with Crippen molar-refractivity contribution in [2.75, 3.05) is 20.1 Å². The summed E-state index contributed by atoms with van der Waals surface area (Å²) in [5.74, 6) is 0.740. The Bertz CT molecular complexity index is 702. The van der Waals surface area contributed by atoms with Crippen LogP contribution < -0.4 is 16.0 Å². The van der Waals surface area contributed by atoms with E-state index in [1.165, 1.54) is 5.56 Å². The average Bonchev–Trinajstić information content (AvgIpc) is 2.70. The zero-order chi connectivity index (χ0) is 18.6. The first-order valence-electron chi connectivity index (χ1n) is 9.10. The predicted molar refractivity (Wildman–Crippen MR) is 123 cm³/mol. The fourth-order valence-electron chi connectivity index (χ4n) is 2.56. The van der Waals surface area contributed by atoms with Crippen LogP contribution in [0.1, 0.15) is 34.8 Å². The van der Waals surface area contributed by atoms with E-state index in [1.54, 1.807) is 7.05 Å². The number of aryl methyl sites for hydroxylation is 1. The summed E-state index contributed by atoms with van der Waals surface area (Å²) in [4.78, 5) is 16.2. The lowest BCUT2D eigenvalue weighted by Crippen LogP contribution is -2.37. The molecular weight excluding hydrogens is 451 g/mol. The van der Waals surface area contributed by atoms with Gasteiger partial charge in [-0.2, -0.15) is 0 Å². The van der Waals surface area contributed by atoms with E-state index in [9.17, 15) is 4.79 Å². The molecule has 0 bridgehead atoms. The highest BCUT2D eigenvalue weighted by Gasteiger charge is 2.02. The number of hydrogen-bond donors (Lipinski definition) is 3. The van der Waals surface area contributed by atoms with Crippen LogP contribution in [0.15, 0.2) is 59.6 Å². The molecule has 0 aliphatic heterocycles. The van der Waals surface area contributed by atoms with Gasteiger partial charge in [-0.3, -0.25) is 4.79 Å². The van der Waals surface area contributed by atoms with Gasteiger partial charge in [-0.05, 0) is 43.0 Å². The van der Waals surface area contributed by atoms with E-state index in [-0.39, 0.29) is 29.9 Å². The first-order valence-corrected chi connectivity index (χ1v) is 9.10. The number of nitrogens with zero attached hydrogens (tertiary/aromatic N) is 1. The lowest BCUT2D eigenvalue weighted by atomic mass is 10.1. The Kier molecular flexibility index (Phi) is 11.2. The number of benzene rings is 2. The monoisotopic (exact) mass is 480 g/mol. The maximum Gasteiger partial charge on any atom is 0.251 e. The number of aliphatic imine (C=N–C) groups is 1. The van der Waals surface area contributed by atoms with Gasteiger partial charge >= 0.3 is 0 Å². The van der Waals surface area contributed by atoms with Gasteiger partial charge in [0.05, 0.1) is 6.54 Å². The van der Waals surface area contributed by atoms with Crippen LogP contribution in [0, 0.1) is 0 Å². The molecule has 0 atom stereocenters. The number of guanidine groups is 1. The average molecular weight is 480 g/mol. The van der Waals surface area contributed by atoms with E-state index in [4.69, 9.17) is 0 Å². The highest BCUT2D eigenvalue weighted by Crippen LogP contribution is 2.06. The predicted octanol–water partition coefficient (Wildman–Crippen LogP) is 3.35. The van der Waals surface area contributed by atoms with Crippen LogP contribution in [0.5, 0.6) is 0 Å². The largest absolute Gasteiger partial charge is 0.357 e. The molecular formula is C21H29IN4O. The molecule has 0 heterocycles. The molecule has 3 N–H and O–H groups in total. The van der Waals surface area contributed by atoms with Crippen molar-refractivity contribution in [3.05, 3.63) is 71.3 Å². The molecule has 0 radical (unpaired) electrons. The maximum atomic E-state index is 11.6. The fourth-order valence-corrected chi connectivity index (χ4v) is 2.56. The summed E-state index contributed by atoms with van der Waals surface area (Å²) < 4.78 is 0. The lowest BCUT2D eigenvalue weighted by Gasteiger charge is -2.11. The normalized spacial score (nSPS) is 10.7. The van der Waals surface area contributed by atoms with Crippen LogP contribution in [0.25, 0.3) is 0 Å². The molecule has 0 unspecified atom stereocenters. The molecule has 0 aliphatic rings. The number of carbonyl (C=O) groups excluding carboxylic acids is 1. The molecule has 0 aliphatic carbocycles. The van der Waals surface area contributed by atoms with Gasteiger partial charge in [0.25, 0.3) is 5.91 Å².